The van der Waals surface area contributed by atoms with Crippen LogP contribution in [0.5, 0.6) is 17.2 Å². The van der Waals surface area contributed by atoms with E-state index in [9.17, 15) is 0 Å². The Morgan fingerprint density at radius 3 is 2.62 bits per heavy atom. The maximum absolute atomic E-state index is 5.75. The number of alkyl halides is 1. The van der Waals surface area contributed by atoms with Gasteiger partial charge in [-0.1, -0.05) is 40.2 Å². The Kier molecular flexibility index (Phi) is 4.34. The molecule has 1 unspecified atom stereocenters. The lowest BCUT2D eigenvalue weighted by Gasteiger charge is -2.16. The molecule has 3 rings (SSSR count). The highest BCUT2D eigenvalue weighted by Gasteiger charge is 2.18. The van der Waals surface area contributed by atoms with Crippen LogP contribution < -0.4 is 14.2 Å². The first-order chi connectivity index (χ1) is 10.3. The van der Waals surface area contributed by atoms with Crippen molar-refractivity contribution >= 4 is 15.9 Å². The molecule has 0 aromatic heterocycles. The average molecular weight is 349 g/mol. The summed E-state index contributed by atoms with van der Waals surface area (Å²) in [5.74, 6) is 2.49. The van der Waals surface area contributed by atoms with Crippen LogP contribution in [0, 0.1) is 0 Å². The zero-order valence-corrected chi connectivity index (χ0v) is 13.4. The third kappa shape index (κ3) is 3.00. The monoisotopic (exact) mass is 348 g/mol. The van der Waals surface area contributed by atoms with E-state index in [4.69, 9.17) is 14.2 Å². The minimum atomic E-state index is 0.0470. The molecule has 0 saturated heterocycles. The topological polar surface area (TPSA) is 27.7 Å². The second-order valence-electron chi connectivity index (χ2n) is 4.86. The van der Waals surface area contributed by atoms with Gasteiger partial charge >= 0.3 is 0 Å². The van der Waals surface area contributed by atoms with E-state index in [1.165, 1.54) is 0 Å². The highest BCUT2D eigenvalue weighted by atomic mass is 79.9. The molecule has 1 aliphatic rings. The zero-order valence-electron chi connectivity index (χ0n) is 11.8. The van der Waals surface area contributed by atoms with Crippen LogP contribution in [0.2, 0.25) is 0 Å². The molecule has 0 aliphatic carbocycles. The summed E-state index contributed by atoms with van der Waals surface area (Å²) in [5, 5.41) is 0. The molecule has 0 spiro atoms. The van der Waals surface area contributed by atoms with E-state index in [1.54, 1.807) is 7.11 Å². The van der Waals surface area contributed by atoms with Crippen molar-refractivity contribution < 1.29 is 14.2 Å². The predicted octanol–water partition coefficient (Wildman–Crippen LogP) is 4.34. The summed E-state index contributed by atoms with van der Waals surface area (Å²) < 4.78 is 16.9. The van der Waals surface area contributed by atoms with Gasteiger partial charge in [0.1, 0.15) is 5.75 Å². The Labute approximate surface area is 133 Å². The van der Waals surface area contributed by atoms with E-state index in [1.807, 2.05) is 30.3 Å². The van der Waals surface area contributed by atoms with Crippen LogP contribution in [-0.2, 0) is 0 Å². The maximum atomic E-state index is 5.75. The van der Waals surface area contributed by atoms with Crippen molar-refractivity contribution in [1.82, 2.24) is 0 Å². The molecule has 3 nitrogen and oxygen atoms in total. The number of methoxy groups -OCH3 is 1. The lowest BCUT2D eigenvalue weighted by Crippen LogP contribution is -1.98. The molecule has 21 heavy (non-hydrogen) atoms. The first-order valence-electron chi connectivity index (χ1n) is 6.96. The summed E-state index contributed by atoms with van der Waals surface area (Å²) in [4.78, 5) is 0.0470. The van der Waals surface area contributed by atoms with Crippen molar-refractivity contribution in [3.63, 3.8) is 0 Å². The number of para-hydroxylation sites is 1. The van der Waals surface area contributed by atoms with Crippen molar-refractivity contribution in [1.29, 1.82) is 0 Å². The molecule has 2 aromatic carbocycles. The Bertz CT molecular complexity index is 627. The standard InChI is InChI=1S/C17H17BrO3/c1-19-14-6-3-2-5-13(14)17(18)12-7-8-15-16(11-12)21-10-4-9-20-15/h2-3,5-8,11,17H,4,9-10H2,1H3. The van der Waals surface area contributed by atoms with Crippen LogP contribution in [0.1, 0.15) is 22.4 Å². The molecule has 4 heteroatoms. The molecular formula is C17H17BrO3. The fraction of sp³-hybridized carbons (Fsp3) is 0.294. The van der Waals surface area contributed by atoms with Gasteiger partial charge in [-0.05, 0) is 23.8 Å². The summed E-state index contributed by atoms with van der Waals surface area (Å²) >= 11 is 3.76. The van der Waals surface area contributed by atoms with Gasteiger partial charge in [-0.3, -0.25) is 0 Å². The Morgan fingerprint density at radius 1 is 1.05 bits per heavy atom. The number of hydrogen-bond acceptors (Lipinski definition) is 3. The minimum Gasteiger partial charge on any atom is -0.496 e. The fourth-order valence-electron chi connectivity index (χ4n) is 2.39. The summed E-state index contributed by atoms with van der Waals surface area (Å²) in [7, 11) is 1.69. The van der Waals surface area contributed by atoms with Crippen LogP contribution in [0.15, 0.2) is 42.5 Å². The number of halogens is 1. The maximum Gasteiger partial charge on any atom is 0.161 e. The SMILES string of the molecule is COc1ccccc1C(Br)c1ccc2c(c1)OCCCO2. The van der Waals surface area contributed by atoms with Crippen LogP contribution in [0.25, 0.3) is 0 Å². The molecule has 1 atom stereocenters. The van der Waals surface area contributed by atoms with Gasteiger partial charge in [0, 0.05) is 12.0 Å². The minimum absolute atomic E-state index is 0.0470. The van der Waals surface area contributed by atoms with E-state index >= 15 is 0 Å². The van der Waals surface area contributed by atoms with E-state index in [-0.39, 0.29) is 4.83 Å². The van der Waals surface area contributed by atoms with E-state index in [0.717, 1.165) is 34.8 Å². The first kappa shape index (κ1) is 14.3. The van der Waals surface area contributed by atoms with Gasteiger partial charge in [-0.15, -0.1) is 0 Å². The molecule has 1 aliphatic heterocycles. The molecule has 1 heterocycles. The van der Waals surface area contributed by atoms with Crippen molar-refractivity contribution in [3.8, 4) is 17.2 Å². The smallest absolute Gasteiger partial charge is 0.161 e. The van der Waals surface area contributed by atoms with Crippen molar-refractivity contribution in [2.75, 3.05) is 20.3 Å². The number of rotatable bonds is 3. The summed E-state index contributed by atoms with van der Waals surface area (Å²) in [6.07, 6.45) is 0.911. The van der Waals surface area contributed by atoms with Gasteiger partial charge in [0.05, 0.1) is 25.2 Å². The van der Waals surface area contributed by atoms with Gasteiger partial charge < -0.3 is 14.2 Å². The zero-order chi connectivity index (χ0) is 14.7. The van der Waals surface area contributed by atoms with Gasteiger partial charge in [0.2, 0.25) is 0 Å². The second-order valence-corrected chi connectivity index (χ2v) is 5.78. The van der Waals surface area contributed by atoms with Crippen LogP contribution in [-0.4, -0.2) is 20.3 Å². The van der Waals surface area contributed by atoms with Crippen molar-refractivity contribution in [2.45, 2.75) is 11.2 Å². The fourth-order valence-corrected chi connectivity index (χ4v) is 3.06. The molecule has 110 valence electrons. The summed E-state index contributed by atoms with van der Waals surface area (Å²) in [5.41, 5.74) is 2.21. The molecule has 0 N–H and O–H groups in total. The molecule has 0 fully saturated rings. The van der Waals surface area contributed by atoms with Crippen LogP contribution in [0.4, 0.5) is 0 Å². The van der Waals surface area contributed by atoms with Crippen molar-refractivity contribution in [3.05, 3.63) is 53.6 Å². The highest BCUT2D eigenvalue weighted by Crippen LogP contribution is 2.40. The summed E-state index contributed by atoms with van der Waals surface area (Å²) in [6, 6.07) is 14.1. The van der Waals surface area contributed by atoms with Gasteiger partial charge in [-0.2, -0.15) is 0 Å². The molecule has 0 bridgehead atoms. The molecule has 0 saturated carbocycles. The first-order valence-corrected chi connectivity index (χ1v) is 7.87. The molecule has 0 amide bonds. The van der Waals surface area contributed by atoms with E-state index in [0.29, 0.717) is 13.2 Å². The predicted molar refractivity (Wildman–Crippen MR) is 85.8 cm³/mol. The quantitative estimate of drug-likeness (QED) is 0.772. The third-order valence-electron chi connectivity index (χ3n) is 3.48. The lowest BCUT2D eigenvalue weighted by atomic mass is 10.0. The Morgan fingerprint density at radius 2 is 1.81 bits per heavy atom. The largest absolute Gasteiger partial charge is 0.496 e. The Balaban J connectivity index is 1.94. The molecular weight excluding hydrogens is 332 g/mol. The Hall–Kier alpha value is -1.68. The third-order valence-corrected chi connectivity index (χ3v) is 4.50. The highest BCUT2D eigenvalue weighted by molar-refractivity contribution is 9.09. The van der Waals surface area contributed by atoms with Crippen LogP contribution >= 0.6 is 15.9 Å². The number of ether oxygens (including phenoxy) is 3. The second kappa shape index (κ2) is 6.39. The van der Waals surface area contributed by atoms with Crippen molar-refractivity contribution in [2.24, 2.45) is 0 Å². The molecule has 2 aromatic rings. The average Bonchev–Trinajstić information content (AvgIpc) is 2.78. The number of benzene rings is 2. The van der Waals surface area contributed by atoms with E-state index < -0.39 is 0 Å². The normalized spacial score (nSPS) is 15.1. The van der Waals surface area contributed by atoms with Gasteiger partial charge in [0.25, 0.3) is 0 Å². The summed E-state index contributed by atoms with van der Waals surface area (Å²) in [6.45, 7) is 1.40. The number of fused-ring (bicyclic) bond motifs is 1. The number of hydrogen-bond donors (Lipinski definition) is 0. The van der Waals surface area contributed by atoms with Gasteiger partial charge in [0.15, 0.2) is 11.5 Å². The van der Waals surface area contributed by atoms with Gasteiger partial charge in [-0.25, -0.2) is 0 Å². The molecule has 0 radical (unpaired) electrons. The van der Waals surface area contributed by atoms with E-state index in [2.05, 4.69) is 28.1 Å². The lowest BCUT2D eigenvalue weighted by molar-refractivity contribution is 0.297. The van der Waals surface area contributed by atoms with Crippen LogP contribution in [0.3, 0.4) is 0 Å².